The van der Waals surface area contributed by atoms with Crippen LogP contribution in [0.5, 0.6) is 0 Å². The second-order valence-electron chi connectivity index (χ2n) is 5.79. The Morgan fingerprint density at radius 2 is 2.04 bits per heavy atom. The molecule has 2 heterocycles. The lowest BCUT2D eigenvalue weighted by Gasteiger charge is -2.11. The second kappa shape index (κ2) is 5.76. The van der Waals surface area contributed by atoms with Crippen molar-refractivity contribution < 1.29 is 0 Å². The Hall–Kier alpha value is -2.11. The van der Waals surface area contributed by atoms with Crippen molar-refractivity contribution >= 4 is 38.9 Å². The molecule has 0 radical (unpaired) electrons. The SMILES string of the molecule is Cc1cnc2n1N=C(c1ccc(N)c(Cl)c1)c1cc(Br)ccc1C2. The van der Waals surface area contributed by atoms with E-state index < -0.39 is 0 Å². The molecule has 0 amide bonds. The zero-order valence-electron chi connectivity index (χ0n) is 12.9. The Balaban J connectivity index is 2.01. The van der Waals surface area contributed by atoms with Gasteiger partial charge in [-0.15, -0.1) is 0 Å². The fraction of sp³-hybridized carbons (Fsp3) is 0.111. The first-order valence-electron chi connectivity index (χ1n) is 7.49. The molecule has 6 heteroatoms. The Morgan fingerprint density at radius 1 is 1.21 bits per heavy atom. The third-order valence-electron chi connectivity index (χ3n) is 4.13. The van der Waals surface area contributed by atoms with Crippen molar-refractivity contribution in [3.05, 3.63) is 80.3 Å². The number of nitrogens with two attached hydrogens (primary N) is 1. The van der Waals surface area contributed by atoms with Crippen molar-refractivity contribution in [2.75, 3.05) is 5.73 Å². The van der Waals surface area contributed by atoms with E-state index in [1.165, 1.54) is 5.56 Å². The van der Waals surface area contributed by atoms with Crippen molar-refractivity contribution in [2.45, 2.75) is 13.3 Å². The molecular weight excluding hydrogens is 388 g/mol. The average Bonchev–Trinajstić information content (AvgIpc) is 2.81. The predicted octanol–water partition coefficient (Wildman–Crippen LogP) is 4.39. The van der Waals surface area contributed by atoms with Crippen LogP contribution in [0.4, 0.5) is 5.69 Å². The van der Waals surface area contributed by atoms with Crippen LogP contribution in [-0.4, -0.2) is 15.4 Å². The molecule has 4 nitrogen and oxygen atoms in total. The smallest absolute Gasteiger partial charge is 0.134 e. The Labute approximate surface area is 153 Å². The topological polar surface area (TPSA) is 56.2 Å². The molecule has 1 aliphatic rings. The molecule has 4 rings (SSSR count). The molecule has 24 heavy (non-hydrogen) atoms. The summed E-state index contributed by atoms with van der Waals surface area (Å²) in [5.74, 6) is 0.924. The normalized spacial score (nSPS) is 13.0. The van der Waals surface area contributed by atoms with Gasteiger partial charge in [-0.05, 0) is 36.8 Å². The average molecular weight is 402 g/mol. The molecule has 1 aliphatic heterocycles. The number of nitrogen functional groups attached to an aromatic ring is 1. The van der Waals surface area contributed by atoms with Gasteiger partial charge in [0.1, 0.15) is 5.82 Å². The fourth-order valence-electron chi connectivity index (χ4n) is 2.87. The lowest BCUT2D eigenvalue weighted by atomic mass is 9.96. The number of hydrogen-bond donors (Lipinski definition) is 1. The fourth-order valence-corrected chi connectivity index (χ4v) is 3.41. The molecular formula is C18H14BrClN4. The number of aryl methyl sites for hydroxylation is 1. The summed E-state index contributed by atoms with van der Waals surface area (Å²) in [5.41, 5.74) is 11.4. The second-order valence-corrected chi connectivity index (χ2v) is 7.11. The molecule has 0 unspecified atom stereocenters. The highest BCUT2D eigenvalue weighted by atomic mass is 79.9. The summed E-state index contributed by atoms with van der Waals surface area (Å²) in [5, 5.41) is 5.40. The van der Waals surface area contributed by atoms with E-state index in [0.717, 1.165) is 39.3 Å². The molecule has 0 saturated heterocycles. The van der Waals surface area contributed by atoms with Gasteiger partial charge in [0.15, 0.2) is 0 Å². The predicted molar refractivity (Wildman–Crippen MR) is 101 cm³/mol. The van der Waals surface area contributed by atoms with E-state index in [0.29, 0.717) is 10.7 Å². The minimum atomic E-state index is 0.526. The Bertz CT molecular complexity index is 991. The highest BCUT2D eigenvalue weighted by Gasteiger charge is 2.20. The van der Waals surface area contributed by atoms with Crippen molar-refractivity contribution in [1.29, 1.82) is 0 Å². The molecule has 2 N–H and O–H groups in total. The van der Waals surface area contributed by atoms with Crippen LogP contribution in [0.3, 0.4) is 0 Å². The first-order valence-corrected chi connectivity index (χ1v) is 8.66. The van der Waals surface area contributed by atoms with Crippen LogP contribution in [0.2, 0.25) is 5.02 Å². The number of anilines is 1. The molecule has 1 aromatic heterocycles. The van der Waals surface area contributed by atoms with Crippen molar-refractivity contribution in [3.8, 4) is 0 Å². The zero-order valence-corrected chi connectivity index (χ0v) is 15.3. The minimum Gasteiger partial charge on any atom is -0.398 e. The van der Waals surface area contributed by atoms with Gasteiger partial charge in [-0.1, -0.05) is 39.7 Å². The number of hydrogen-bond acceptors (Lipinski definition) is 3. The van der Waals surface area contributed by atoms with Gasteiger partial charge < -0.3 is 5.73 Å². The standard InChI is InChI=1S/C18H14BrClN4/c1-10-9-22-17-7-11-2-4-13(19)8-14(11)18(23-24(10)17)12-3-5-16(21)15(20)6-12/h2-6,8-9H,7,21H2,1H3. The summed E-state index contributed by atoms with van der Waals surface area (Å²) in [7, 11) is 0. The van der Waals surface area contributed by atoms with E-state index in [4.69, 9.17) is 22.4 Å². The van der Waals surface area contributed by atoms with Gasteiger partial charge in [0.2, 0.25) is 0 Å². The quantitative estimate of drug-likeness (QED) is 0.481. The van der Waals surface area contributed by atoms with Crippen molar-refractivity contribution in [3.63, 3.8) is 0 Å². The molecule has 0 aliphatic carbocycles. The first-order chi connectivity index (χ1) is 11.5. The van der Waals surface area contributed by atoms with Crippen LogP contribution in [0.15, 0.2) is 52.2 Å². The van der Waals surface area contributed by atoms with E-state index in [9.17, 15) is 0 Å². The summed E-state index contributed by atoms with van der Waals surface area (Å²) >= 11 is 9.79. The molecule has 0 atom stereocenters. The number of nitrogens with zero attached hydrogens (tertiary/aromatic N) is 3. The summed E-state index contributed by atoms with van der Waals surface area (Å²) in [6.45, 7) is 2.00. The third kappa shape index (κ3) is 2.54. The van der Waals surface area contributed by atoms with E-state index in [-0.39, 0.29) is 0 Å². The minimum absolute atomic E-state index is 0.526. The highest BCUT2D eigenvalue weighted by Crippen LogP contribution is 2.28. The van der Waals surface area contributed by atoms with Crippen molar-refractivity contribution in [1.82, 2.24) is 9.66 Å². The lowest BCUT2D eigenvalue weighted by Crippen LogP contribution is -2.08. The van der Waals surface area contributed by atoms with Crippen LogP contribution in [0, 0.1) is 6.92 Å². The number of aromatic nitrogens is 2. The lowest BCUT2D eigenvalue weighted by molar-refractivity contribution is 0.781. The largest absolute Gasteiger partial charge is 0.398 e. The maximum absolute atomic E-state index is 6.23. The highest BCUT2D eigenvalue weighted by molar-refractivity contribution is 9.10. The van der Waals surface area contributed by atoms with Crippen LogP contribution in [-0.2, 0) is 6.42 Å². The van der Waals surface area contributed by atoms with E-state index in [1.807, 2.05) is 42.1 Å². The summed E-state index contributed by atoms with van der Waals surface area (Å²) < 4.78 is 2.90. The molecule has 0 spiro atoms. The van der Waals surface area contributed by atoms with E-state index >= 15 is 0 Å². The van der Waals surface area contributed by atoms with E-state index in [1.54, 1.807) is 0 Å². The molecule has 0 saturated carbocycles. The zero-order chi connectivity index (χ0) is 16.8. The molecule has 2 aromatic carbocycles. The molecule has 3 aromatic rings. The van der Waals surface area contributed by atoms with Crippen molar-refractivity contribution in [2.24, 2.45) is 5.10 Å². The molecule has 0 bridgehead atoms. The maximum atomic E-state index is 6.23. The van der Waals surface area contributed by atoms with Crippen LogP contribution in [0.1, 0.15) is 28.2 Å². The summed E-state index contributed by atoms with van der Waals surface area (Å²) in [4.78, 5) is 4.50. The van der Waals surface area contributed by atoms with E-state index in [2.05, 4.69) is 33.0 Å². The number of imidazole rings is 1. The van der Waals surface area contributed by atoms with Gasteiger partial charge in [-0.25, -0.2) is 9.66 Å². The van der Waals surface area contributed by atoms with Crippen LogP contribution >= 0.6 is 27.5 Å². The summed E-state index contributed by atoms with van der Waals surface area (Å²) in [6, 6.07) is 11.8. The first kappa shape index (κ1) is 15.4. The Morgan fingerprint density at radius 3 is 2.83 bits per heavy atom. The molecule has 120 valence electrons. The molecule has 0 fully saturated rings. The number of benzene rings is 2. The van der Waals surface area contributed by atoms with Crippen LogP contribution in [0.25, 0.3) is 0 Å². The Kier molecular flexibility index (Phi) is 3.70. The third-order valence-corrected chi connectivity index (χ3v) is 4.95. The van der Waals surface area contributed by atoms with Gasteiger partial charge in [-0.2, -0.15) is 5.10 Å². The van der Waals surface area contributed by atoms with Gasteiger partial charge in [0, 0.05) is 22.0 Å². The van der Waals surface area contributed by atoms with Crippen LogP contribution < -0.4 is 5.73 Å². The summed E-state index contributed by atoms with van der Waals surface area (Å²) in [6.07, 6.45) is 2.57. The van der Waals surface area contributed by atoms with Gasteiger partial charge in [0.25, 0.3) is 0 Å². The maximum Gasteiger partial charge on any atom is 0.134 e. The van der Waals surface area contributed by atoms with Gasteiger partial charge in [0.05, 0.1) is 28.3 Å². The van der Waals surface area contributed by atoms with Gasteiger partial charge >= 0.3 is 0 Å². The van der Waals surface area contributed by atoms with Gasteiger partial charge in [-0.3, -0.25) is 0 Å². The number of fused-ring (bicyclic) bond motifs is 2. The number of rotatable bonds is 1. The monoisotopic (exact) mass is 400 g/mol. The number of halogens is 2.